The van der Waals surface area contributed by atoms with Crippen LogP contribution in [0.2, 0.25) is 0 Å². The van der Waals surface area contributed by atoms with Crippen molar-refractivity contribution in [2.75, 3.05) is 27.2 Å². The van der Waals surface area contributed by atoms with E-state index in [0.717, 1.165) is 6.54 Å². The third-order valence-corrected chi connectivity index (χ3v) is 3.95. The van der Waals surface area contributed by atoms with Crippen molar-refractivity contribution < 1.29 is 4.74 Å². The number of nitrogens with zero attached hydrogens (tertiary/aromatic N) is 1. The van der Waals surface area contributed by atoms with Gasteiger partial charge in [-0.3, -0.25) is 0 Å². The monoisotopic (exact) mass is 262 g/mol. The number of nitrogens with one attached hydrogen (secondary N) is 1. The molecule has 3 heteroatoms. The van der Waals surface area contributed by atoms with Crippen molar-refractivity contribution >= 4 is 0 Å². The first-order valence-electron chi connectivity index (χ1n) is 7.27. The van der Waals surface area contributed by atoms with Crippen LogP contribution in [0.4, 0.5) is 0 Å². The fourth-order valence-corrected chi connectivity index (χ4v) is 2.72. The maximum Gasteiger partial charge on any atom is 0.0716 e. The summed E-state index contributed by atoms with van der Waals surface area (Å²) in [7, 11) is 3.97. The predicted molar refractivity (Wildman–Crippen MR) is 79.1 cm³/mol. The first kappa shape index (κ1) is 14.5. The molecule has 1 saturated heterocycles. The van der Waals surface area contributed by atoms with Crippen molar-refractivity contribution in [1.29, 1.82) is 0 Å². The van der Waals surface area contributed by atoms with E-state index in [4.69, 9.17) is 4.74 Å². The highest BCUT2D eigenvalue weighted by molar-refractivity contribution is 5.26. The fraction of sp³-hybridized carbons (Fsp3) is 0.625. The molecule has 0 radical (unpaired) electrons. The molecule has 0 bridgehead atoms. The summed E-state index contributed by atoms with van der Waals surface area (Å²) >= 11 is 0. The van der Waals surface area contributed by atoms with Gasteiger partial charge in [0.25, 0.3) is 0 Å². The summed E-state index contributed by atoms with van der Waals surface area (Å²) in [6.07, 6.45) is 3.84. The van der Waals surface area contributed by atoms with Gasteiger partial charge in [-0.15, -0.1) is 0 Å². The van der Waals surface area contributed by atoms with E-state index in [1.54, 1.807) is 7.11 Å². The Morgan fingerprint density at radius 1 is 1.21 bits per heavy atom. The van der Waals surface area contributed by atoms with Gasteiger partial charge in [0, 0.05) is 19.7 Å². The summed E-state index contributed by atoms with van der Waals surface area (Å²) in [5.41, 5.74) is 2.66. The molecule has 1 aliphatic rings. The summed E-state index contributed by atoms with van der Waals surface area (Å²) < 4.78 is 5.26. The van der Waals surface area contributed by atoms with Crippen LogP contribution < -0.4 is 5.32 Å². The summed E-state index contributed by atoms with van der Waals surface area (Å²) in [5.74, 6) is 0. The molecule has 19 heavy (non-hydrogen) atoms. The van der Waals surface area contributed by atoms with Gasteiger partial charge in [-0.25, -0.2) is 0 Å². The third kappa shape index (κ3) is 4.60. The lowest BCUT2D eigenvalue weighted by molar-refractivity contribution is 0.184. The number of rotatable bonds is 5. The van der Waals surface area contributed by atoms with Crippen LogP contribution in [-0.2, 0) is 17.9 Å². The molecule has 1 unspecified atom stereocenters. The Bertz CT molecular complexity index is 381. The highest BCUT2D eigenvalue weighted by atomic mass is 16.5. The van der Waals surface area contributed by atoms with E-state index in [0.29, 0.717) is 12.6 Å². The largest absolute Gasteiger partial charge is 0.380 e. The van der Waals surface area contributed by atoms with Crippen molar-refractivity contribution in [3.05, 3.63) is 35.4 Å². The Morgan fingerprint density at radius 3 is 2.79 bits per heavy atom. The minimum atomic E-state index is 0.653. The molecule has 2 rings (SSSR count). The SMILES string of the molecule is COCc1ccccc1CNC1CCCN(C)CC1. The zero-order valence-electron chi connectivity index (χ0n) is 12.2. The van der Waals surface area contributed by atoms with Gasteiger partial charge in [-0.2, -0.15) is 0 Å². The fourth-order valence-electron chi connectivity index (χ4n) is 2.72. The molecule has 1 atom stereocenters. The first-order chi connectivity index (χ1) is 9.29. The second-order valence-corrected chi connectivity index (χ2v) is 5.51. The van der Waals surface area contributed by atoms with Gasteiger partial charge in [0.05, 0.1) is 6.61 Å². The Labute approximate surface area is 116 Å². The standard InChI is InChI=1S/C16H26N2O/c1-18-10-5-8-16(9-11-18)17-12-14-6-3-4-7-15(14)13-19-2/h3-4,6-7,16-17H,5,8-13H2,1-2H3. The van der Waals surface area contributed by atoms with Gasteiger partial charge in [0.1, 0.15) is 0 Å². The average Bonchev–Trinajstić information content (AvgIpc) is 2.63. The highest BCUT2D eigenvalue weighted by Crippen LogP contribution is 2.13. The average molecular weight is 262 g/mol. The Morgan fingerprint density at radius 2 is 2.00 bits per heavy atom. The van der Waals surface area contributed by atoms with Gasteiger partial charge < -0.3 is 15.0 Å². The molecule has 0 aromatic heterocycles. The molecule has 1 aromatic carbocycles. The van der Waals surface area contributed by atoms with E-state index in [9.17, 15) is 0 Å². The van der Waals surface area contributed by atoms with E-state index >= 15 is 0 Å². The molecule has 0 spiro atoms. The van der Waals surface area contributed by atoms with Crippen molar-refractivity contribution in [3.8, 4) is 0 Å². The van der Waals surface area contributed by atoms with Gasteiger partial charge in [-0.1, -0.05) is 24.3 Å². The quantitative estimate of drug-likeness (QED) is 0.882. The number of benzene rings is 1. The highest BCUT2D eigenvalue weighted by Gasteiger charge is 2.14. The van der Waals surface area contributed by atoms with Crippen LogP contribution in [0.1, 0.15) is 30.4 Å². The summed E-state index contributed by atoms with van der Waals surface area (Å²) in [5, 5.41) is 3.72. The molecule has 0 amide bonds. The van der Waals surface area contributed by atoms with Gasteiger partial charge >= 0.3 is 0 Å². The van der Waals surface area contributed by atoms with E-state index in [1.165, 1.54) is 43.5 Å². The smallest absolute Gasteiger partial charge is 0.0716 e. The minimum absolute atomic E-state index is 0.653. The molecule has 1 N–H and O–H groups in total. The molecule has 3 nitrogen and oxygen atoms in total. The second kappa shape index (κ2) is 7.63. The van der Waals surface area contributed by atoms with E-state index in [1.807, 2.05) is 0 Å². The zero-order valence-corrected chi connectivity index (χ0v) is 12.2. The normalized spacial score (nSPS) is 21.3. The molecule has 1 aromatic rings. The third-order valence-electron chi connectivity index (χ3n) is 3.95. The molecular formula is C16H26N2O. The van der Waals surface area contributed by atoms with Crippen LogP contribution in [0, 0.1) is 0 Å². The molecule has 1 heterocycles. The maximum absolute atomic E-state index is 5.26. The summed E-state index contributed by atoms with van der Waals surface area (Å²) in [6, 6.07) is 9.20. The lowest BCUT2D eigenvalue weighted by atomic mass is 10.1. The molecule has 1 aliphatic heterocycles. The number of ether oxygens (including phenoxy) is 1. The molecular weight excluding hydrogens is 236 g/mol. The van der Waals surface area contributed by atoms with Crippen LogP contribution in [0.15, 0.2) is 24.3 Å². The van der Waals surface area contributed by atoms with Crippen LogP contribution in [-0.4, -0.2) is 38.2 Å². The molecule has 0 saturated carbocycles. The van der Waals surface area contributed by atoms with Crippen LogP contribution >= 0.6 is 0 Å². The molecule has 1 fully saturated rings. The van der Waals surface area contributed by atoms with E-state index in [2.05, 4.69) is 41.5 Å². The Kier molecular flexibility index (Phi) is 5.83. The van der Waals surface area contributed by atoms with Crippen molar-refractivity contribution in [2.45, 2.75) is 38.5 Å². The van der Waals surface area contributed by atoms with Gasteiger partial charge in [-0.05, 0) is 50.5 Å². The molecule has 106 valence electrons. The summed E-state index contributed by atoms with van der Waals surface area (Å²) in [4.78, 5) is 2.43. The number of likely N-dealkylation sites (tertiary alicyclic amines) is 1. The maximum atomic E-state index is 5.26. The van der Waals surface area contributed by atoms with Crippen molar-refractivity contribution in [3.63, 3.8) is 0 Å². The summed E-state index contributed by atoms with van der Waals surface area (Å²) in [6.45, 7) is 4.09. The lowest BCUT2D eigenvalue weighted by Crippen LogP contribution is -2.30. The number of methoxy groups -OCH3 is 1. The van der Waals surface area contributed by atoms with E-state index < -0.39 is 0 Å². The van der Waals surface area contributed by atoms with Gasteiger partial charge in [0.15, 0.2) is 0 Å². The minimum Gasteiger partial charge on any atom is -0.380 e. The predicted octanol–water partition coefficient (Wildman–Crippen LogP) is 2.41. The molecule has 0 aliphatic carbocycles. The van der Waals surface area contributed by atoms with E-state index in [-0.39, 0.29) is 0 Å². The topological polar surface area (TPSA) is 24.5 Å². The Hall–Kier alpha value is -0.900. The lowest BCUT2D eigenvalue weighted by Gasteiger charge is -2.18. The second-order valence-electron chi connectivity index (χ2n) is 5.51. The first-order valence-corrected chi connectivity index (χ1v) is 7.27. The van der Waals surface area contributed by atoms with Gasteiger partial charge in [0.2, 0.25) is 0 Å². The zero-order chi connectivity index (χ0) is 13.5. The van der Waals surface area contributed by atoms with Crippen molar-refractivity contribution in [1.82, 2.24) is 10.2 Å². The Balaban J connectivity index is 1.87. The number of hydrogen-bond donors (Lipinski definition) is 1. The number of hydrogen-bond acceptors (Lipinski definition) is 3. The van der Waals surface area contributed by atoms with Crippen molar-refractivity contribution in [2.24, 2.45) is 0 Å². The van der Waals surface area contributed by atoms with Crippen LogP contribution in [0.5, 0.6) is 0 Å². The van der Waals surface area contributed by atoms with Crippen LogP contribution in [0.3, 0.4) is 0 Å². The van der Waals surface area contributed by atoms with Crippen LogP contribution in [0.25, 0.3) is 0 Å².